The fourth-order valence-corrected chi connectivity index (χ4v) is 3.17. The summed E-state index contributed by atoms with van der Waals surface area (Å²) in [6, 6.07) is 7.32. The van der Waals surface area contributed by atoms with Crippen LogP contribution >= 0.6 is 23.4 Å². The van der Waals surface area contributed by atoms with Crippen LogP contribution in [0, 0.1) is 0 Å². The summed E-state index contributed by atoms with van der Waals surface area (Å²) in [4.78, 5) is 25.1. The molecule has 140 valence electrons. The molecule has 0 N–H and O–H groups in total. The molecule has 0 saturated heterocycles. The third-order valence-electron chi connectivity index (χ3n) is 3.55. The largest absolute Gasteiger partial charge is 0.452 e. The zero-order valence-electron chi connectivity index (χ0n) is 15.1. The lowest BCUT2D eigenvalue weighted by Gasteiger charge is -2.17. The minimum atomic E-state index is -0.813. The van der Waals surface area contributed by atoms with Gasteiger partial charge in [-0.1, -0.05) is 23.4 Å². The van der Waals surface area contributed by atoms with Gasteiger partial charge in [0.2, 0.25) is 0 Å². The molecule has 2 aromatic rings. The molecule has 0 radical (unpaired) electrons. The monoisotopic (exact) mass is 396 g/mol. The molecule has 9 heteroatoms. The van der Waals surface area contributed by atoms with Crippen LogP contribution in [0.4, 0.5) is 0 Å². The van der Waals surface area contributed by atoms with Crippen LogP contribution in [0.15, 0.2) is 29.4 Å². The Kier molecular flexibility index (Phi) is 7.05. The smallest absolute Gasteiger partial charge is 0.317 e. The van der Waals surface area contributed by atoms with E-state index in [0.29, 0.717) is 22.5 Å². The number of hydrogen-bond donors (Lipinski definition) is 0. The quantitative estimate of drug-likeness (QED) is 0.529. The van der Waals surface area contributed by atoms with Crippen molar-refractivity contribution in [2.24, 2.45) is 0 Å². The molecule has 0 aliphatic carbocycles. The van der Waals surface area contributed by atoms with Crippen molar-refractivity contribution < 1.29 is 14.3 Å². The summed E-state index contributed by atoms with van der Waals surface area (Å²) in [5.41, 5.74) is 0.892. The van der Waals surface area contributed by atoms with E-state index < -0.39 is 12.1 Å². The Bertz CT molecular complexity index is 777. The Labute approximate surface area is 161 Å². The highest BCUT2D eigenvalue weighted by atomic mass is 35.5. The van der Waals surface area contributed by atoms with Gasteiger partial charge >= 0.3 is 5.97 Å². The molecule has 0 aliphatic rings. The van der Waals surface area contributed by atoms with Crippen molar-refractivity contribution in [3.05, 3.63) is 29.3 Å². The van der Waals surface area contributed by atoms with E-state index in [2.05, 4.69) is 10.2 Å². The number of carbonyl (C=O) groups excluding carboxylic acids is 2. The van der Waals surface area contributed by atoms with Gasteiger partial charge < -0.3 is 14.2 Å². The summed E-state index contributed by atoms with van der Waals surface area (Å²) in [7, 11) is 3.23. The summed E-state index contributed by atoms with van der Waals surface area (Å²) in [6.07, 6.45) is -0.813. The Morgan fingerprint density at radius 3 is 2.50 bits per heavy atom. The van der Waals surface area contributed by atoms with Gasteiger partial charge in [-0.3, -0.25) is 9.59 Å². The van der Waals surface area contributed by atoms with Gasteiger partial charge in [0.1, 0.15) is 0 Å². The van der Waals surface area contributed by atoms with Gasteiger partial charge in [0.05, 0.1) is 5.75 Å². The van der Waals surface area contributed by atoms with E-state index in [4.69, 9.17) is 16.3 Å². The van der Waals surface area contributed by atoms with Crippen LogP contribution in [-0.2, 0) is 20.9 Å². The van der Waals surface area contributed by atoms with Crippen molar-refractivity contribution in [3.63, 3.8) is 0 Å². The molecule has 1 amide bonds. The zero-order valence-corrected chi connectivity index (χ0v) is 16.7. The molecule has 1 aromatic heterocycles. The molecule has 1 aromatic carbocycles. The molecule has 0 bridgehead atoms. The predicted octanol–water partition coefficient (Wildman–Crippen LogP) is 2.73. The van der Waals surface area contributed by atoms with Crippen molar-refractivity contribution >= 4 is 35.2 Å². The number of amides is 1. The number of halogens is 1. The molecule has 26 heavy (non-hydrogen) atoms. The van der Waals surface area contributed by atoms with E-state index in [1.54, 1.807) is 33.2 Å². The number of likely N-dealkylation sites (N-methyl/N-ethyl adjacent to an activating group) is 1. The molecule has 0 unspecified atom stereocenters. The summed E-state index contributed by atoms with van der Waals surface area (Å²) in [5.74, 6) is 0.0155. The maximum atomic E-state index is 12.0. The van der Waals surface area contributed by atoms with Gasteiger partial charge in [-0.25, -0.2) is 0 Å². The lowest BCUT2D eigenvalue weighted by molar-refractivity contribution is -0.155. The third-order valence-corrected chi connectivity index (χ3v) is 4.74. The fourth-order valence-electron chi connectivity index (χ4n) is 2.26. The number of hydrogen-bond acceptors (Lipinski definition) is 6. The molecule has 7 nitrogen and oxygen atoms in total. The second-order valence-electron chi connectivity index (χ2n) is 5.71. The average Bonchev–Trinajstić information content (AvgIpc) is 3.02. The number of esters is 1. The third kappa shape index (κ3) is 4.98. The van der Waals surface area contributed by atoms with E-state index in [1.807, 2.05) is 23.6 Å². The van der Waals surface area contributed by atoms with Gasteiger partial charge in [-0.05, 0) is 38.1 Å². The lowest BCUT2D eigenvalue weighted by atomic mass is 10.2. The molecule has 0 aliphatic heterocycles. The zero-order chi connectivity index (χ0) is 19.3. The molecular formula is C17H21ClN4O3S. The number of aromatic nitrogens is 3. The van der Waals surface area contributed by atoms with Crippen molar-refractivity contribution in [1.29, 1.82) is 0 Å². The maximum absolute atomic E-state index is 12.0. The number of thioether (sulfide) groups is 1. The van der Waals surface area contributed by atoms with E-state index in [9.17, 15) is 9.59 Å². The molecular weight excluding hydrogens is 376 g/mol. The normalized spacial score (nSPS) is 11.9. The van der Waals surface area contributed by atoms with E-state index in [-0.39, 0.29) is 11.7 Å². The highest BCUT2D eigenvalue weighted by Crippen LogP contribution is 2.25. The van der Waals surface area contributed by atoms with Crippen molar-refractivity contribution in [2.45, 2.75) is 31.7 Å². The lowest BCUT2D eigenvalue weighted by Crippen LogP contribution is -2.35. The second-order valence-corrected chi connectivity index (χ2v) is 7.09. The maximum Gasteiger partial charge on any atom is 0.317 e. The molecule has 1 heterocycles. The van der Waals surface area contributed by atoms with E-state index in [1.165, 1.54) is 16.7 Å². The number of ether oxygens (including phenoxy) is 1. The molecule has 0 spiro atoms. The minimum Gasteiger partial charge on any atom is -0.452 e. The second kappa shape index (κ2) is 9.05. The van der Waals surface area contributed by atoms with Gasteiger partial charge in [0.15, 0.2) is 17.1 Å². The van der Waals surface area contributed by atoms with Crippen LogP contribution in [0.2, 0.25) is 5.02 Å². The highest BCUT2D eigenvalue weighted by Gasteiger charge is 2.20. The van der Waals surface area contributed by atoms with Crippen molar-refractivity contribution in [1.82, 2.24) is 19.7 Å². The first-order valence-corrected chi connectivity index (χ1v) is 9.42. The average molecular weight is 397 g/mol. The molecule has 0 saturated carbocycles. The summed E-state index contributed by atoms with van der Waals surface area (Å²) in [5, 5.41) is 9.63. The van der Waals surface area contributed by atoms with Crippen LogP contribution in [0.5, 0.6) is 0 Å². The first-order valence-electron chi connectivity index (χ1n) is 8.06. The van der Waals surface area contributed by atoms with Crippen LogP contribution in [0.3, 0.4) is 0 Å². The first kappa shape index (κ1) is 20.3. The van der Waals surface area contributed by atoms with Gasteiger partial charge in [-0.2, -0.15) is 0 Å². The van der Waals surface area contributed by atoms with Crippen LogP contribution in [0.25, 0.3) is 11.4 Å². The Hall–Kier alpha value is -2.06. The SMILES string of the molecule is CCn1c(SCC(=O)O[C@@H](C)C(=O)N(C)C)nnc1-c1ccc(Cl)cc1. The number of rotatable bonds is 7. The Morgan fingerprint density at radius 2 is 1.92 bits per heavy atom. The summed E-state index contributed by atoms with van der Waals surface area (Å²) >= 11 is 7.14. The Morgan fingerprint density at radius 1 is 1.27 bits per heavy atom. The fraction of sp³-hybridized carbons (Fsp3) is 0.412. The van der Waals surface area contributed by atoms with Gasteiger partial charge in [0.25, 0.3) is 5.91 Å². The number of nitrogens with zero attached hydrogens (tertiary/aromatic N) is 4. The molecule has 2 rings (SSSR count). The van der Waals surface area contributed by atoms with Crippen LogP contribution < -0.4 is 0 Å². The Balaban J connectivity index is 2.03. The van der Waals surface area contributed by atoms with Crippen LogP contribution in [-0.4, -0.2) is 57.5 Å². The standard InChI is InChI=1S/C17H21ClN4O3S/c1-5-22-15(12-6-8-13(18)9-7-12)19-20-17(22)26-10-14(23)25-11(2)16(24)21(3)4/h6-9,11H,5,10H2,1-4H3/t11-/m0/s1. The summed E-state index contributed by atoms with van der Waals surface area (Å²) in [6.45, 7) is 4.18. The number of carbonyl (C=O) groups is 2. The minimum absolute atomic E-state index is 0.0454. The molecule has 0 fully saturated rings. The van der Waals surface area contributed by atoms with Crippen molar-refractivity contribution in [3.8, 4) is 11.4 Å². The summed E-state index contributed by atoms with van der Waals surface area (Å²) < 4.78 is 7.06. The van der Waals surface area contributed by atoms with E-state index in [0.717, 1.165) is 5.56 Å². The van der Waals surface area contributed by atoms with Gasteiger partial charge in [-0.15, -0.1) is 10.2 Å². The van der Waals surface area contributed by atoms with Crippen molar-refractivity contribution in [2.75, 3.05) is 19.8 Å². The first-order chi connectivity index (χ1) is 12.3. The topological polar surface area (TPSA) is 77.3 Å². The molecule has 1 atom stereocenters. The van der Waals surface area contributed by atoms with Gasteiger partial charge in [0, 0.05) is 31.2 Å². The number of benzene rings is 1. The van der Waals surface area contributed by atoms with Crippen LogP contribution in [0.1, 0.15) is 13.8 Å². The van der Waals surface area contributed by atoms with E-state index >= 15 is 0 Å². The predicted molar refractivity (Wildman–Crippen MR) is 101 cm³/mol. The highest BCUT2D eigenvalue weighted by molar-refractivity contribution is 7.99.